The average molecular weight is 499 g/mol. The summed E-state index contributed by atoms with van der Waals surface area (Å²) in [5.41, 5.74) is 0.446. The Labute approximate surface area is 194 Å². The van der Waals surface area contributed by atoms with Crippen LogP contribution in [-0.2, 0) is 25.0 Å². The highest BCUT2D eigenvalue weighted by Crippen LogP contribution is 2.23. The lowest BCUT2D eigenvalue weighted by atomic mass is 10.2. The van der Waals surface area contributed by atoms with Crippen LogP contribution in [0.15, 0.2) is 53.4 Å². The number of carbonyl (C=O) groups is 1. The molecule has 9 nitrogen and oxygen atoms in total. The fourth-order valence-electron chi connectivity index (χ4n) is 3.41. The molecule has 1 heterocycles. The SMILES string of the molecule is CN(C)S(=O)(=O)N(CC(=O)Nc1ccc(S(=O)(=O)N2CCCCC2)cc1)c1ccc(F)cc1. The van der Waals surface area contributed by atoms with Gasteiger partial charge in [-0.3, -0.25) is 4.79 Å². The normalized spacial score (nSPS) is 15.4. The van der Waals surface area contributed by atoms with Crippen molar-refractivity contribution in [2.24, 2.45) is 0 Å². The number of amides is 1. The van der Waals surface area contributed by atoms with E-state index in [-0.39, 0.29) is 10.6 Å². The van der Waals surface area contributed by atoms with Gasteiger partial charge in [0.15, 0.2) is 0 Å². The van der Waals surface area contributed by atoms with E-state index < -0.39 is 38.5 Å². The van der Waals surface area contributed by atoms with E-state index in [1.165, 1.54) is 54.8 Å². The molecule has 180 valence electrons. The highest BCUT2D eigenvalue weighted by molar-refractivity contribution is 7.90. The summed E-state index contributed by atoms with van der Waals surface area (Å²) in [5.74, 6) is -1.18. The molecule has 1 saturated heterocycles. The summed E-state index contributed by atoms with van der Waals surface area (Å²) < 4.78 is 67.5. The van der Waals surface area contributed by atoms with Crippen LogP contribution in [0.2, 0.25) is 0 Å². The van der Waals surface area contributed by atoms with Crippen molar-refractivity contribution in [1.29, 1.82) is 0 Å². The van der Waals surface area contributed by atoms with Crippen LogP contribution in [-0.4, -0.2) is 65.1 Å². The van der Waals surface area contributed by atoms with Crippen molar-refractivity contribution in [2.45, 2.75) is 24.2 Å². The van der Waals surface area contributed by atoms with Gasteiger partial charge in [-0.15, -0.1) is 0 Å². The average Bonchev–Trinajstić information content (AvgIpc) is 2.79. The topological polar surface area (TPSA) is 107 Å². The van der Waals surface area contributed by atoms with Gasteiger partial charge in [-0.05, 0) is 61.4 Å². The zero-order chi connectivity index (χ0) is 24.2. The van der Waals surface area contributed by atoms with E-state index in [9.17, 15) is 26.0 Å². The molecule has 0 aromatic heterocycles. The van der Waals surface area contributed by atoms with Crippen LogP contribution >= 0.6 is 0 Å². The molecule has 2 aromatic rings. The highest BCUT2D eigenvalue weighted by atomic mass is 32.2. The molecule has 1 N–H and O–H groups in total. The summed E-state index contributed by atoms with van der Waals surface area (Å²) in [6.07, 6.45) is 2.66. The van der Waals surface area contributed by atoms with E-state index in [4.69, 9.17) is 0 Å². The molecule has 0 bridgehead atoms. The predicted molar refractivity (Wildman–Crippen MR) is 124 cm³/mol. The third-order valence-corrected chi connectivity index (χ3v) is 8.97. The Morgan fingerprint density at radius 2 is 1.52 bits per heavy atom. The molecule has 33 heavy (non-hydrogen) atoms. The first kappa shape index (κ1) is 25.1. The molecule has 2 aromatic carbocycles. The van der Waals surface area contributed by atoms with Gasteiger partial charge < -0.3 is 5.32 Å². The Balaban J connectivity index is 1.74. The van der Waals surface area contributed by atoms with E-state index in [2.05, 4.69) is 5.32 Å². The van der Waals surface area contributed by atoms with Crippen LogP contribution in [0.25, 0.3) is 0 Å². The second-order valence-electron chi connectivity index (χ2n) is 7.81. The molecule has 1 aliphatic heterocycles. The zero-order valence-corrected chi connectivity index (χ0v) is 20.1. The van der Waals surface area contributed by atoms with Gasteiger partial charge in [0.2, 0.25) is 15.9 Å². The zero-order valence-electron chi connectivity index (χ0n) is 18.4. The van der Waals surface area contributed by atoms with Crippen molar-refractivity contribution in [2.75, 3.05) is 43.4 Å². The standard InChI is InChI=1S/C21H27FN4O5S2/c1-24(2)33(30,31)26(19-10-6-17(22)7-11-19)16-21(27)23-18-8-12-20(13-9-18)32(28,29)25-14-4-3-5-15-25/h6-13H,3-5,14-16H2,1-2H3,(H,23,27). The number of nitrogens with zero attached hydrogens (tertiary/aromatic N) is 3. The minimum absolute atomic E-state index is 0.128. The van der Waals surface area contributed by atoms with Gasteiger partial charge in [-0.1, -0.05) is 6.42 Å². The van der Waals surface area contributed by atoms with Gasteiger partial charge in [-0.2, -0.15) is 17.0 Å². The van der Waals surface area contributed by atoms with Crippen LogP contribution in [0.5, 0.6) is 0 Å². The van der Waals surface area contributed by atoms with Crippen molar-refractivity contribution in [3.8, 4) is 0 Å². The van der Waals surface area contributed by atoms with Crippen molar-refractivity contribution in [1.82, 2.24) is 8.61 Å². The third-order valence-electron chi connectivity index (χ3n) is 5.23. The number of benzene rings is 2. The fraction of sp³-hybridized carbons (Fsp3) is 0.381. The van der Waals surface area contributed by atoms with Gasteiger partial charge in [-0.25, -0.2) is 17.1 Å². The third kappa shape index (κ3) is 5.88. The Morgan fingerprint density at radius 3 is 2.06 bits per heavy atom. The minimum Gasteiger partial charge on any atom is -0.325 e. The summed E-state index contributed by atoms with van der Waals surface area (Å²) >= 11 is 0. The Hall–Kier alpha value is -2.54. The monoisotopic (exact) mass is 498 g/mol. The Morgan fingerprint density at radius 1 is 0.939 bits per heavy atom. The molecule has 0 saturated carbocycles. The van der Waals surface area contributed by atoms with Crippen LogP contribution in [0, 0.1) is 5.82 Å². The number of halogens is 1. The van der Waals surface area contributed by atoms with Gasteiger partial charge >= 0.3 is 10.2 Å². The molecule has 0 unspecified atom stereocenters. The Bertz CT molecular complexity index is 1180. The van der Waals surface area contributed by atoms with E-state index in [0.29, 0.717) is 18.8 Å². The van der Waals surface area contributed by atoms with Gasteiger partial charge in [0.05, 0.1) is 10.6 Å². The van der Waals surface area contributed by atoms with Crippen molar-refractivity contribution < 1.29 is 26.0 Å². The number of rotatable bonds is 8. The quantitative estimate of drug-likeness (QED) is 0.601. The maximum absolute atomic E-state index is 13.3. The lowest BCUT2D eigenvalue weighted by Gasteiger charge is -2.27. The predicted octanol–water partition coefficient (Wildman–Crippen LogP) is 2.25. The number of hydrogen-bond donors (Lipinski definition) is 1. The first-order valence-electron chi connectivity index (χ1n) is 10.4. The number of carbonyl (C=O) groups excluding carboxylic acids is 1. The smallest absolute Gasteiger partial charge is 0.304 e. The van der Waals surface area contributed by atoms with Crippen LogP contribution in [0.4, 0.5) is 15.8 Å². The fourth-order valence-corrected chi connectivity index (χ4v) is 5.99. The summed E-state index contributed by atoms with van der Waals surface area (Å²) in [6, 6.07) is 10.5. The number of sulfonamides is 1. The van der Waals surface area contributed by atoms with Crippen molar-refractivity contribution >= 4 is 37.5 Å². The van der Waals surface area contributed by atoms with Crippen molar-refractivity contribution in [3.05, 3.63) is 54.3 Å². The molecule has 1 fully saturated rings. The number of anilines is 2. The lowest BCUT2D eigenvalue weighted by Crippen LogP contribution is -2.44. The minimum atomic E-state index is -4.03. The first-order chi connectivity index (χ1) is 15.5. The molecule has 0 atom stereocenters. The van der Waals surface area contributed by atoms with Crippen molar-refractivity contribution in [3.63, 3.8) is 0 Å². The number of piperidine rings is 1. The molecule has 3 rings (SSSR count). The van der Waals surface area contributed by atoms with E-state index >= 15 is 0 Å². The molecule has 1 amide bonds. The number of nitrogens with one attached hydrogen (secondary N) is 1. The van der Waals surface area contributed by atoms with E-state index in [0.717, 1.165) is 40.0 Å². The summed E-state index contributed by atoms with van der Waals surface area (Å²) in [4.78, 5) is 12.8. The van der Waals surface area contributed by atoms with E-state index in [1.807, 2.05) is 0 Å². The molecule has 1 aliphatic rings. The summed E-state index contributed by atoms with van der Waals surface area (Å²) in [5, 5.41) is 2.58. The maximum atomic E-state index is 13.3. The molecular weight excluding hydrogens is 471 g/mol. The molecule has 0 radical (unpaired) electrons. The second-order valence-corrected chi connectivity index (χ2v) is 11.8. The molecule has 12 heteroatoms. The number of hydrogen-bond acceptors (Lipinski definition) is 5. The van der Waals surface area contributed by atoms with Crippen LogP contribution < -0.4 is 9.62 Å². The Kier molecular flexibility index (Phi) is 7.73. The molecule has 0 aliphatic carbocycles. The van der Waals surface area contributed by atoms with Crippen LogP contribution in [0.1, 0.15) is 19.3 Å². The van der Waals surface area contributed by atoms with Gasteiger partial charge in [0.25, 0.3) is 0 Å². The highest BCUT2D eigenvalue weighted by Gasteiger charge is 2.28. The molecule has 0 spiro atoms. The summed E-state index contributed by atoms with van der Waals surface area (Å²) in [6.45, 7) is 0.417. The van der Waals surface area contributed by atoms with E-state index in [1.54, 1.807) is 0 Å². The lowest BCUT2D eigenvalue weighted by molar-refractivity contribution is -0.114. The van der Waals surface area contributed by atoms with Gasteiger partial charge in [0.1, 0.15) is 12.4 Å². The summed E-state index contributed by atoms with van der Waals surface area (Å²) in [7, 11) is -4.98. The van der Waals surface area contributed by atoms with Crippen LogP contribution in [0.3, 0.4) is 0 Å². The maximum Gasteiger partial charge on any atom is 0.304 e. The second kappa shape index (κ2) is 10.2. The van der Waals surface area contributed by atoms with Gasteiger partial charge in [0, 0.05) is 32.9 Å². The largest absolute Gasteiger partial charge is 0.325 e. The molecular formula is C21H27FN4O5S2. The first-order valence-corrected chi connectivity index (χ1v) is 13.2.